The third-order valence-corrected chi connectivity index (χ3v) is 3.52. The summed E-state index contributed by atoms with van der Waals surface area (Å²) in [7, 11) is 0. The smallest absolute Gasteiger partial charge is 0.253 e. The molecule has 0 bridgehead atoms. The van der Waals surface area contributed by atoms with Gasteiger partial charge in [-0.3, -0.25) is 4.79 Å². The van der Waals surface area contributed by atoms with Crippen molar-refractivity contribution in [3.63, 3.8) is 0 Å². The van der Waals surface area contributed by atoms with Gasteiger partial charge in [-0.15, -0.1) is 0 Å². The third-order valence-electron chi connectivity index (χ3n) is 3.52. The van der Waals surface area contributed by atoms with E-state index in [9.17, 15) is 9.18 Å². The van der Waals surface area contributed by atoms with E-state index in [1.165, 1.54) is 6.07 Å². The lowest BCUT2D eigenvalue weighted by atomic mass is 10.1. The number of hydrogen-bond acceptors (Lipinski definition) is 1. The summed E-state index contributed by atoms with van der Waals surface area (Å²) in [4.78, 5) is 15.6. The maximum atomic E-state index is 13.6. The second-order valence-corrected chi connectivity index (χ2v) is 4.94. The van der Waals surface area contributed by atoms with E-state index in [4.69, 9.17) is 0 Å². The largest absolute Gasteiger partial charge is 0.358 e. The number of benzene rings is 2. The Hall–Kier alpha value is -2.62. The highest BCUT2D eigenvalue weighted by Gasteiger charge is 2.15. The summed E-state index contributed by atoms with van der Waals surface area (Å²) in [6, 6.07) is 14.1. The molecule has 3 rings (SSSR count). The number of halogens is 1. The zero-order chi connectivity index (χ0) is 14.8. The van der Waals surface area contributed by atoms with Crippen LogP contribution in [0.4, 0.5) is 4.39 Å². The number of hydrogen-bond donors (Lipinski definition) is 2. The van der Waals surface area contributed by atoms with Crippen molar-refractivity contribution in [3.8, 4) is 0 Å². The van der Waals surface area contributed by atoms with Crippen LogP contribution in [0, 0.1) is 12.7 Å². The van der Waals surface area contributed by atoms with Gasteiger partial charge in [-0.05, 0) is 19.1 Å². The highest BCUT2D eigenvalue weighted by Crippen LogP contribution is 2.21. The van der Waals surface area contributed by atoms with E-state index in [1.54, 1.807) is 18.2 Å². The van der Waals surface area contributed by atoms with Crippen molar-refractivity contribution in [1.82, 2.24) is 10.3 Å². The third kappa shape index (κ3) is 2.52. The number of fused-ring (bicyclic) bond motifs is 1. The molecule has 0 fully saturated rings. The molecular formula is C17H15FN2O. The zero-order valence-electron chi connectivity index (χ0n) is 11.6. The number of aromatic amines is 1. The molecule has 1 heterocycles. The summed E-state index contributed by atoms with van der Waals surface area (Å²) in [6.07, 6.45) is 0. The lowest BCUT2D eigenvalue weighted by Crippen LogP contribution is -2.23. The van der Waals surface area contributed by atoms with Gasteiger partial charge in [-0.25, -0.2) is 4.39 Å². The molecule has 0 aliphatic carbocycles. The molecule has 21 heavy (non-hydrogen) atoms. The summed E-state index contributed by atoms with van der Waals surface area (Å²) in [5.41, 5.74) is 2.82. The Bertz CT molecular complexity index is 807. The quantitative estimate of drug-likeness (QED) is 0.758. The van der Waals surface area contributed by atoms with Crippen LogP contribution in [0.3, 0.4) is 0 Å². The predicted molar refractivity (Wildman–Crippen MR) is 80.6 cm³/mol. The first-order chi connectivity index (χ1) is 10.2. The molecule has 1 amide bonds. The Morgan fingerprint density at radius 3 is 2.67 bits per heavy atom. The van der Waals surface area contributed by atoms with Crippen molar-refractivity contribution in [2.45, 2.75) is 13.5 Å². The predicted octanol–water partition coefficient (Wildman–Crippen LogP) is 3.55. The molecule has 0 saturated carbocycles. The van der Waals surface area contributed by atoms with Crippen LogP contribution in [0.15, 0.2) is 48.5 Å². The van der Waals surface area contributed by atoms with Crippen molar-refractivity contribution in [1.29, 1.82) is 0 Å². The molecule has 0 unspecified atom stereocenters. The minimum absolute atomic E-state index is 0.171. The highest BCUT2D eigenvalue weighted by atomic mass is 19.1. The van der Waals surface area contributed by atoms with Gasteiger partial charge in [0.2, 0.25) is 0 Å². The number of carbonyl (C=O) groups is 1. The van der Waals surface area contributed by atoms with E-state index in [1.807, 2.05) is 31.2 Å². The molecule has 0 radical (unpaired) electrons. The molecule has 0 aliphatic heterocycles. The van der Waals surface area contributed by atoms with Crippen molar-refractivity contribution in [3.05, 3.63) is 71.2 Å². The van der Waals surface area contributed by atoms with Crippen LogP contribution in [0.2, 0.25) is 0 Å². The van der Waals surface area contributed by atoms with Crippen molar-refractivity contribution < 1.29 is 9.18 Å². The summed E-state index contributed by atoms with van der Waals surface area (Å²) in [5, 5.41) is 3.65. The SMILES string of the molecule is Cc1[nH]c2ccccc2c1C(=O)NCc1ccccc1F. The lowest BCUT2D eigenvalue weighted by Gasteiger charge is -2.06. The van der Waals surface area contributed by atoms with Crippen LogP contribution in [0.5, 0.6) is 0 Å². The number of aryl methyl sites for hydroxylation is 1. The van der Waals surface area contributed by atoms with Crippen LogP contribution in [-0.2, 0) is 6.54 Å². The van der Waals surface area contributed by atoms with Gasteiger partial charge in [-0.2, -0.15) is 0 Å². The molecule has 2 aromatic carbocycles. The number of aromatic nitrogens is 1. The van der Waals surface area contributed by atoms with E-state index in [0.717, 1.165) is 16.6 Å². The molecule has 3 aromatic rings. The summed E-state index contributed by atoms with van der Waals surface area (Å²) in [5.74, 6) is -0.512. The second-order valence-electron chi connectivity index (χ2n) is 4.94. The topological polar surface area (TPSA) is 44.9 Å². The van der Waals surface area contributed by atoms with Crippen molar-refractivity contribution in [2.24, 2.45) is 0 Å². The number of amides is 1. The van der Waals surface area contributed by atoms with Crippen LogP contribution >= 0.6 is 0 Å². The minimum atomic E-state index is -0.312. The second kappa shape index (κ2) is 5.40. The Morgan fingerprint density at radius 1 is 1.14 bits per heavy atom. The fourth-order valence-electron chi connectivity index (χ4n) is 2.47. The van der Waals surface area contributed by atoms with E-state index < -0.39 is 0 Å². The monoisotopic (exact) mass is 282 g/mol. The van der Waals surface area contributed by atoms with Gasteiger partial charge < -0.3 is 10.3 Å². The van der Waals surface area contributed by atoms with Crippen molar-refractivity contribution in [2.75, 3.05) is 0 Å². The molecule has 0 saturated heterocycles. The molecule has 0 aliphatic rings. The van der Waals surface area contributed by atoms with Gasteiger partial charge in [0.25, 0.3) is 5.91 Å². The molecule has 2 N–H and O–H groups in total. The Balaban J connectivity index is 1.85. The first-order valence-electron chi connectivity index (χ1n) is 6.75. The van der Waals surface area contributed by atoms with Crippen molar-refractivity contribution >= 4 is 16.8 Å². The standard InChI is InChI=1S/C17H15FN2O/c1-11-16(13-7-3-5-9-15(13)20-11)17(21)19-10-12-6-2-4-8-14(12)18/h2-9,20H,10H2,1H3,(H,19,21). The van der Waals surface area contributed by atoms with E-state index in [0.29, 0.717) is 11.1 Å². The minimum Gasteiger partial charge on any atom is -0.358 e. The first kappa shape index (κ1) is 13.4. The summed E-state index contributed by atoms with van der Waals surface area (Å²) in [6.45, 7) is 2.03. The average molecular weight is 282 g/mol. The Morgan fingerprint density at radius 2 is 1.86 bits per heavy atom. The van der Waals surface area contributed by atoms with Gasteiger partial charge in [0.1, 0.15) is 5.82 Å². The van der Waals surface area contributed by atoms with E-state index >= 15 is 0 Å². The lowest BCUT2D eigenvalue weighted by molar-refractivity contribution is 0.0951. The van der Waals surface area contributed by atoms with Gasteiger partial charge in [-0.1, -0.05) is 36.4 Å². The molecule has 106 valence electrons. The number of rotatable bonds is 3. The van der Waals surface area contributed by atoms with E-state index in [-0.39, 0.29) is 18.3 Å². The van der Waals surface area contributed by atoms with Gasteiger partial charge in [0.05, 0.1) is 5.56 Å². The Labute approximate surface area is 121 Å². The summed E-state index contributed by atoms with van der Waals surface area (Å²) >= 11 is 0. The fourth-order valence-corrected chi connectivity index (χ4v) is 2.47. The molecule has 4 heteroatoms. The fraction of sp³-hybridized carbons (Fsp3) is 0.118. The number of carbonyl (C=O) groups excluding carboxylic acids is 1. The van der Waals surface area contributed by atoms with Crippen LogP contribution in [0.1, 0.15) is 21.6 Å². The van der Waals surface area contributed by atoms with Crippen LogP contribution in [0.25, 0.3) is 10.9 Å². The van der Waals surface area contributed by atoms with Crippen LogP contribution < -0.4 is 5.32 Å². The normalized spacial score (nSPS) is 10.8. The maximum absolute atomic E-state index is 13.6. The number of para-hydroxylation sites is 1. The highest BCUT2D eigenvalue weighted by molar-refractivity contribution is 6.08. The average Bonchev–Trinajstić information content (AvgIpc) is 2.82. The molecule has 0 atom stereocenters. The first-order valence-corrected chi connectivity index (χ1v) is 6.75. The molecule has 1 aromatic heterocycles. The molecule has 0 spiro atoms. The summed E-state index contributed by atoms with van der Waals surface area (Å²) < 4.78 is 13.6. The van der Waals surface area contributed by atoms with Gasteiger partial charge >= 0.3 is 0 Å². The van der Waals surface area contributed by atoms with Gasteiger partial charge in [0.15, 0.2) is 0 Å². The number of H-pyrrole nitrogens is 1. The van der Waals surface area contributed by atoms with Gasteiger partial charge in [0, 0.05) is 28.7 Å². The van der Waals surface area contributed by atoms with E-state index in [2.05, 4.69) is 10.3 Å². The maximum Gasteiger partial charge on any atom is 0.253 e. The molecular weight excluding hydrogens is 267 g/mol. The number of nitrogens with one attached hydrogen (secondary N) is 2. The zero-order valence-corrected chi connectivity index (χ0v) is 11.6. The molecule has 3 nitrogen and oxygen atoms in total. The Kier molecular flexibility index (Phi) is 3.44. The van der Waals surface area contributed by atoms with Crippen LogP contribution in [-0.4, -0.2) is 10.9 Å².